The molecule has 1 rings (SSSR count). The minimum atomic E-state index is -0.959. The van der Waals surface area contributed by atoms with Crippen LogP contribution in [0, 0.1) is 0 Å². The molecule has 1 aromatic rings. The Balaban J connectivity index is 2.35. The number of amides is 1. The van der Waals surface area contributed by atoms with E-state index >= 15 is 0 Å². The largest absolute Gasteiger partial charge is 0.478 e. The molecule has 2 N–H and O–H groups in total. The van der Waals surface area contributed by atoms with Gasteiger partial charge in [0, 0.05) is 6.04 Å². The normalized spacial score (nSPS) is 10.4. The van der Waals surface area contributed by atoms with E-state index in [2.05, 4.69) is 5.32 Å². The van der Waals surface area contributed by atoms with E-state index in [9.17, 15) is 9.59 Å². The molecule has 0 saturated carbocycles. The predicted molar refractivity (Wildman–Crippen MR) is 66.3 cm³/mol. The van der Waals surface area contributed by atoms with Gasteiger partial charge in [-0.2, -0.15) is 0 Å². The summed E-state index contributed by atoms with van der Waals surface area (Å²) in [5.41, 5.74) is 1.06. The van der Waals surface area contributed by atoms with Gasteiger partial charge in [-0.1, -0.05) is 12.1 Å². The highest BCUT2D eigenvalue weighted by atomic mass is 16.5. The fourth-order valence-corrected chi connectivity index (χ4v) is 1.37. The third-order valence-electron chi connectivity index (χ3n) is 2.15. The highest BCUT2D eigenvalue weighted by molar-refractivity contribution is 5.87. The minimum absolute atomic E-state index is 0.00113. The molecular weight excluding hydrogens is 234 g/mol. The summed E-state index contributed by atoms with van der Waals surface area (Å²) in [4.78, 5) is 21.9. The van der Waals surface area contributed by atoms with Gasteiger partial charge in [0.2, 0.25) is 5.91 Å². The first-order valence-corrected chi connectivity index (χ1v) is 5.68. The van der Waals surface area contributed by atoms with Crippen LogP contribution in [0.3, 0.4) is 0 Å². The van der Waals surface area contributed by atoms with Crippen molar-refractivity contribution >= 4 is 11.9 Å². The first kappa shape index (κ1) is 14.2. The van der Waals surface area contributed by atoms with Gasteiger partial charge < -0.3 is 15.2 Å². The number of hydrogen-bond donors (Lipinski definition) is 2. The number of hydrogen-bond acceptors (Lipinski definition) is 3. The number of benzene rings is 1. The van der Waals surface area contributed by atoms with Gasteiger partial charge in [-0.25, -0.2) is 4.79 Å². The quantitative estimate of drug-likeness (QED) is 0.802. The van der Waals surface area contributed by atoms with Crippen molar-refractivity contribution in [2.75, 3.05) is 6.61 Å². The van der Waals surface area contributed by atoms with Gasteiger partial charge in [0.1, 0.15) is 6.61 Å². The van der Waals surface area contributed by atoms with Crippen LogP contribution in [0.15, 0.2) is 24.3 Å². The van der Waals surface area contributed by atoms with E-state index in [0.717, 1.165) is 5.56 Å². The molecule has 0 saturated heterocycles. The third-order valence-corrected chi connectivity index (χ3v) is 2.15. The van der Waals surface area contributed by atoms with Gasteiger partial charge >= 0.3 is 5.97 Å². The summed E-state index contributed by atoms with van der Waals surface area (Å²) in [6, 6.07) is 6.45. The summed E-state index contributed by atoms with van der Waals surface area (Å²) >= 11 is 0. The summed E-state index contributed by atoms with van der Waals surface area (Å²) in [6.07, 6.45) is 0. The summed E-state index contributed by atoms with van der Waals surface area (Å²) in [5, 5.41) is 11.4. The second-order valence-electron chi connectivity index (χ2n) is 4.22. The molecule has 0 fully saturated rings. The van der Waals surface area contributed by atoms with Gasteiger partial charge in [0.15, 0.2) is 0 Å². The lowest BCUT2D eigenvalue weighted by molar-refractivity contribution is -0.126. The SMILES string of the molecule is CC(C)NC(=O)COCc1ccc(C(=O)O)cc1. The van der Waals surface area contributed by atoms with Crippen LogP contribution in [0.2, 0.25) is 0 Å². The van der Waals surface area contributed by atoms with Gasteiger partial charge in [-0.05, 0) is 31.5 Å². The van der Waals surface area contributed by atoms with Crippen LogP contribution < -0.4 is 5.32 Å². The minimum Gasteiger partial charge on any atom is -0.478 e. The van der Waals surface area contributed by atoms with Crippen LogP contribution in [0.1, 0.15) is 29.8 Å². The predicted octanol–water partition coefficient (Wildman–Crippen LogP) is 1.43. The zero-order valence-electron chi connectivity index (χ0n) is 10.5. The van der Waals surface area contributed by atoms with Gasteiger partial charge in [-0.15, -0.1) is 0 Å². The molecule has 98 valence electrons. The van der Waals surface area contributed by atoms with E-state index in [4.69, 9.17) is 9.84 Å². The lowest BCUT2D eigenvalue weighted by atomic mass is 10.1. The number of carbonyl (C=O) groups is 2. The van der Waals surface area contributed by atoms with Gasteiger partial charge in [-0.3, -0.25) is 4.79 Å². The van der Waals surface area contributed by atoms with Gasteiger partial charge in [0.25, 0.3) is 0 Å². The van der Waals surface area contributed by atoms with Crippen LogP contribution in [0.25, 0.3) is 0 Å². The molecule has 5 heteroatoms. The Morgan fingerprint density at radius 3 is 2.39 bits per heavy atom. The zero-order chi connectivity index (χ0) is 13.5. The van der Waals surface area contributed by atoms with Crippen molar-refractivity contribution < 1.29 is 19.4 Å². The second-order valence-corrected chi connectivity index (χ2v) is 4.22. The lowest BCUT2D eigenvalue weighted by Crippen LogP contribution is -2.33. The molecule has 0 radical (unpaired) electrons. The summed E-state index contributed by atoms with van der Waals surface area (Å²) < 4.78 is 5.22. The Morgan fingerprint density at radius 1 is 1.28 bits per heavy atom. The summed E-state index contributed by atoms with van der Waals surface area (Å²) in [5.74, 6) is -1.12. The molecular formula is C13H17NO4. The van der Waals surface area contributed by atoms with Crippen molar-refractivity contribution in [1.29, 1.82) is 0 Å². The number of carbonyl (C=O) groups excluding carboxylic acids is 1. The Hall–Kier alpha value is -1.88. The molecule has 0 bridgehead atoms. The first-order valence-electron chi connectivity index (χ1n) is 5.68. The molecule has 0 aromatic heterocycles. The summed E-state index contributed by atoms with van der Waals surface area (Å²) in [7, 11) is 0. The van der Waals surface area contributed by atoms with Crippen molar-refractivity contribution in [1.82, 2.24) is 5.32 Å². The van der Waals surface area contributed by atoms with Crippen molar-refractivity contribution in [3.8, 4) is 0 Å². The standard InChI is InChI=1S/C13H17NO4/c1-9(2)14-12(15)8-18-7-10-3-5-11(6-4-10)13(16)17/h3-6,9H,7-8H2,1-2H3,(H,14,15)(H,16,17). The second kappa shape index (κ2) is 6.76. The maximum Gasteiger partial charge on any atom is 0.335 e. The maximum atomic E-state index is 11.3. The number of rotatable bonds is 6. The van der Waals surface area contributed by atoms with Gasteiger partial charge in [0.05, 0.1) is 12.2 Å². The van der Waals surface area contributed by atoms with Crippen molar-refractivity contribution in [3.05, 3.63) is 35.4 Å². The molecule has 18 heavy (non-hydrogen) atoms. The molecule has 0 aliphatic rings. The topological polar surface area (TPSA) is 75.6 Å². The van der Waals surface area contributed by atoms with Crippen LogP contribution in [-0.2, 0) is 16.1 Å². The molecule has 0 heterocycles. The van der Waals surface area contributed by atoms with E-state index in [1.54, 1.807) is 12.1 Å². The average molecular weight is 251 g/mol. The van der Waals surface area contributed by atoms with Crippen LogP contribution in [0.4, 0.5) is 0 Å². The number of nitrogens with one attached hydrogen (secondary N) is 1. The van der Waals surface area contributed by atoms with Crippen LogP contribution in [0.5, 0.6) is 0 Å². The Labute approximate surface area is 106 Å². The van der Waals surface area contributed by atoms with Crippen molar-refractivity contribution in [2.24, 2.45) is 0 Å². The number of aromatic carboxylic acids is 1. The molecule has 0 atom stereocenters. The zero-order valence-corrected chi connectivity index (χ0v) is 10.5. The van der Waals surface area contributed by atoms with E-state index in [0.29, 0.717) is 0 Å². The molecule has 0 spiro atoms. The number of carboxylic acid groups (broad SMARTS) is 1. The smallest absolute Gasteiger partial charge is 0.335 e. The van der Waals surface area contributed by atoms with E-state index in [1.165, 1.54) is 12.1 Å². The van der Waals surface area contributed by atoms with E-state index < -0.39 is 5.97 Å². The van der Waals surface area contributed by atoms with E-state index in [-0.39, 0.29) is 30.7 Å². The number of carboxylic acids is 1. The average Bonchev–Trinajstić information content (AvgIpc) is 2.28. The highest BCUT2D eigenvalue weighted by Crippen LogP contribution is 2.05. The fraction of sp³-hybridized carbons (Fsp3) is 0.385. The van der Waals surface area contributed by atoms with Crippen LogP contribution in [-0.4, -0.2) is 29.6 Å². The molecule has 1 aromatic carbocycles. The molecule has 5 nitrogen and oxygen atoms in total. The lowest BCUT2D eigenvalue weighted by Gasteiger charge is -2.08. The Morgan fingerprint density at radius 2 is 1.89 bits per heavy atom. The Kier molecular flexibility index (Phi) is 5.32. The van der Waals surface area contributed by atoms with Crippen molar-refractivity contribution in [3.63, 3.8) is 0 Å². The fourth-order valence-electron chi connectivity index (χ4n) is 1.37. The number of ether oxygens (including phenoxy) is 1. The summed E-state index contributed by atoms with van der Waals surface area (Å²) in [6.45, 7) is 4.04. The maximum absolute atomic E-state index is 11.3. The highest BCUT2D eigenvalue weighted by Gasteiger charge is 2.04. The van der Waals surface area contributed by atoms with Crippen LogP contribution >= 0.6 is 0 Å². The first-order chi connectivity index (χ1) is 8.49. The third kappa shape index (κ3) is 4.97. The molecule has 0 aliphatic heterocycles. The molecule has 1 amide bonds. The van der Waals surface area contributed by atoms with E-state index in [1.807, 2.05) is 13.8 Å². The molecule has 0 aliphatic carbocycles. The molecule has 0 unspecified atom stereocenters. The van der Waals surface area contributed by atoms with Crippen molar-refractivity contribution in [2.45, 2.75) is 26.5 Å². The monoisotopic (exact) mass is 251 g/mol. The Bertz CT molecular complexity index is 412.